The predicted octanol–water partition coefficient (Wildman–Crippen LogP) is 14.2. The fraction of sp³-hybridized carbons (Fsp3) is 0.0172. The van der Waals surface area contributed by atoms with E-state index < -0.39 is 5.41 Å². The first kappa shape index (κ1) is 35.9. The molecular weight excluding hydrogens is 739 g/mol. The lowest BCUT2D eigenvalue weighted by molar-refractivity contribution is 0.768. The Morgan fingerprint density at radius 1 is 0.361 bits per heavy atom. The molecule has 1 heterocycles. The third-order valence-electron chi connectivity index (χ3n) is 12.2. The summed E-state index contributed by atoms with van der Waals surface area (Å²) >= 11 is 0. The zero-order valence-electron chi connectivity index (χ0n) is 33.2. The Morgan fingerprint density at radius 3 is 1.54 bits per heavy atom. The minimum absolute atomic E-state index is 0.599. The van der Waals surface area contributed by atoms with E-state index in [1.165, 1.54) is 22.3 Å². The maximum Gasteiger partial charge on any atom is 0.161 e. The Bertz CT molecular complexity index is 3250. The molecule has 0 fully saturated rings. The lowest BCUT2D eigenvalue weighted by Gasteiger charge is -2.34. The fourth-order valence-corrected chi connectivity index (χ4v) is 9.34. The van der Waals surface area contributed by atoms with Crippen molar-refractivity contribution in [2.24, 2.45) is 0 Å². The molecule has 0 aliphatic heterocycles. The number of aromatic nitrogens is 2. The summed E-state index contributed by atoms with van der Waals surface area (Å²) in [6.45, 7) is 0. The van der Waals surface area contributed by atoms with Gasteiger partial charge in [0.1, 0.15) is 0 Å². The minimum atomic E-state index is -0.599. The van der Waals surface area contributed by atoms with Gasteiger partial charge in [0.05, 0.1) is 28.4 Å². The van der Waals surface area contributed by atoms with Gasteiger partial charge in [-0.3, -0.25) is 0 Å². The van der Waals surface area contributed by atoms with Crippen LogP contribution in [0.15, 0.2) is 224 Å². The topological polar surface area (TPSA) is 49.6 Å². The normalized spacial score (nSPS) is 12.4. The van der Waals surface area contributed by atoms with Crippen molar-refractivity contribution in [2.75, 3.05) is 0 Å². The molecule has 0 saturated carbocycles. The number of hydrogen-bond acceptors (Lipinski definition) is 3. The van der Waals surface area contributed by atoms with Gasteiger partial charge in [-0.15, -0.1) is 0 Å². The second-order valence-electron chi connectivity index (χ2n) is 15.6. The number of fused-ring (bicyclic) bond motifs is 4. The molecule has 3 nitrogen and oxygen atoms in total. The van der Waals surface area contributed by atoms with Gasteiger partial charge in [0, 0.05) is 16.7 Å². The van der Waals surface area contributed by atoms with Gasteiger partial charge in [-0.2, -0.15) is 5.26 Å². The Labute approximate surface area is 355 Å². The van der Waals surface area contributed by atoms with E-state index in [-0.39, 0.29) is 0 Å². The van der Waals surface area contributed by atoms with Crippen LogP contribution in [-0.2, 0) is 5.41 Å². The molecule has 11 rings (SSSR count). The maximum atomic E-state index is 10.1. The summed E-state index contributed by atoms with van der Waals surface area (Å²) in [5.74, 6) is 0.705. The largest absolute Gasteiger partial charge is 0.228 e. The van der Waals surface area contributed by atoms with E-state index in [1.807, 2.05) is 24.3 Å². The summed E-state index contributed by atoms with van der Waals surface area (Å²) < 4.78 is 0. The van der Waals surface area contributed by atoms with Crippen LogP contribution in [-0.4, -0.2) is 9.97 Å². The molecule has 0 spiro atoms. The summed E-state index contributed by atoms with van der Waals surface area (Å²) in [4.78, 5) is 10.3. The van der Waals surface area contributed by atoms with Crippen molar-refractivity contribution in [1.82, 2.24) is 9.97 Å². The fourth-order valence-electron chi connectivity index (χ4n) is 9.34. The van der Waals surface area contributed by atoms with E-state index in [4.69, 9.17) is 9.97 Å². The smallest absolute Gasteiger partial charge is 0.161 e. The van der Waals surface area contributed by atoms with Crippen LogP contribution in [0, 0.1) is 11.3 Å². The van der Waals surface area contributed by atoms with E-state index >= 15 is 0 Å². The van der Waals surface area contributed by atoms with Crippen molar-refractivity contribution in [3.63, 3.8) is 0 Å². The van der Waals surface area contributed by atoms with Crippen LogP contribution in [0.2, 0.25) is 0 Å². The van der Waals surface area contributed by atoms with Gasteiger partial charge in [0.2, 0.25) is 0 Å². The van der Waals surface area contributed by atoms with E-state index in [0.29, 0.717) is 11.4 Å². The second kappa shape index (κ2) is 14.9. The zero-order chi connectivity index (χ0) is 40.8. The Hall–Kier alpha value is -8.19. The molecule has 0 saturated heterocycles. The van der Waals surface area contributed by atoms with Crippen LogP contribution in [0.5, 0.6) is 0 Å². The highest BCUT2D eigenvalue weighted by Gasteiger charge is 2.46. The maximum absolute atomic E-state index is 10.1. The molecule has 9 aromatic carbocycles. The van der Waals surface area contributed by atoms with Gasteiger partial charge in [0.25, 0.3) is 0 Å². The van der Waals surface area contributed by atoms with Crippen molar-refractivity contribution >= 4 is 10.8 Å². The van der Waals surface area contributed by atoms with E-state index in [9.17, 15) is 5.26 Å². The molecule has 61 heavy (non-hydrogen) atoms. The minimum Gasteiger partial charge on any atom is -0.228 e. The molecule has 0 atom stereocenters. The van der Waals surface area contributed by atoms with Crippen LogP contribution >= 0.6 is 0 Å². The van der Waals surface area contributed by atoms with E-state index in [0.717, 1.165) is 72.2 Å². The van der Waals surface area contributed by atoms with Gasteiger partial charge in [-0.05, 0) is 96.7 Å². The quantitative estimate of drug-likeness (QED) is 0.162. The van der Waals surface area contributed by atoms with E-state index in [2.05, 4.69) is 206 Å². The lowest BCUT2D eigenvalue weighted by Crippen LogP contribution is -2.28. The third-order valence-corrected chi connectivity index (χ3v) is 12.2. The highest BCUT2D eigenvalue weighted by atomic mass is 14.9. The summed E-state index contributed by atoms with van der Waals surface area (Å²) in [6.07, 6.45) is 0. The average molecular weight is 776 g/mol. The summed E-state index contributed by atoms with van der Waals surface area (Å²) in [7, 11) is 0. The molecule has 1 aliphatic carbocycles. The molecular formula is C58H37N3. The number of rotatable bonds is 7. The molecule has 1 aromatic heterocycles. The molecule has 0 N–H and O–H groups in total. The van der Waals surface area contributed by atoms with Crippen molar-refractivity contribution < 1.29 is 0 Å². The van der Waals surface area contributed by atoms with Crippen molar-refractivity contribution in [3.8, 4) is 73.4 Å². The van der Waals surface area contributed by atoms with Crippen LogP contribution in [0.4, 0.5) is 0 Å². The van der Waals surface area contributed by atoms with Crippen LogP contribution < -0.4 is 0 Å². The van der Waals surface area contributed by atoms with Gasteiger partial charge >= 0.3 is 0 Å². The monoisotopic (exact) mass is 775 g/mol. The first-order chi connectivity index (χ1) is 30.2. The summed E-state index contributed by atoms with van der Waals surface area (Å²) in [6, 6.07) is 81.6. The molecule has 3 heteroatoms. The molecule has 0 amide bonds. The third kappa shape index (κ3) is 6.13. The molecule has 0 unspecified atom stereocenters. The number of nitrogens with zero attached hydrogens (tertiary/aromatic N) is 3. The Balaban J connectivity index is 0.993. The lowest BCUT2D eigenvalue weighted by atomic mass is 9.67. The van der Waals surface area contributed by atoms with Gasteiger partial charge in [-0.25, -0.2) is 9.97 Å². The van der Waals surface area contributed by atoms with Crippen molar-refractivity contribution in [3.05, 3.63) is 252 Å². The van der Waals surface area contributed by atoms with Crippen molar-refractivity contribution in [2.45, 2.75) is 5.41 Å². The number of benzene rings is 9. The molecule has 284 valence electrons. The highest BCUT2D eigenvalue weighted by Crippen LogP contribution is 2.57. The molecule has 0 radical (unpaired) electrons. The number of nitriles is 1. The molecule has 10 aromatic rings. The Morgan fingerprint density at radius 2 is 0.852 bits per heavy atom. The van der Waals surface area contributed by atoms with Crippen LogP contribution in [0.1, 0.15) is 27.8 Å². The zero-order valence-corrected chi connectivity index (χ0v) is 33.2. The first-order valence-electron chi connectivity index (χ1n) is 20.6. The predicted molar refractivity (Wildman–Crippen MR) is 249 cm³/mol. The Kier molecular flexibility index (Phi) is 8.77. The van der Waals surface area contributed by atoms with Crippen molar-refractivity contribution in [1.29, 1.82) is 5.26 Å². The average Bonchev–Trinajstić information content (AvgIpc) is 3.64. The van der Waals surface area contributed by atoms with E-state index in [1.54, 1.807) is 0 Å². The van der Waals surface area contributed by atoms with Gasteiger partial charge in [0.15, 0.2) is 5.82 Å². The van der Waals surface area contributed by atoms with Gasteiger partial charge in [-0.1, -0.05) is 194 Å². The first-order valence-corrected chi connectivity index (χ1v) is 20.6. The standard InChI is InChI=1S/C58H37N3/c59-38-39-26-32-50-51-33-31-46(36-54(51)58(53(50)34-39,47-20-6-2-7-21-47)48-22-8-3-9-23-48)45-19-12-18-44(35-45)40-27-29-43(30-28-40)56-37-55(42-15-4-1-5-16-42)60-57(61-56)52-25-13-17-41-14-10-11-24-49(41)52/h1-37H. The van der Waals surface area contributed by atoms with Crippen LogP contribution in [0.25, 0.3) is 78.1 Å². The second-order valence-corrected chi connectivity index (χ2v) is 15.6. The molecule has 0 bridgehead atoms. The molecule has 1 aliphatic rings. The van der Waals surface area contributed by atoms with Crippen LogP contribution in [0.3, 0.4) is 0 Å². The summed E-state index contributed by atoms with van der Waals surface area (Å²) in [5, 5.41) is 12.4. The van der Waals surface area contributed by atoms with Gasteiger partial charge < -0.3 is 0 Å². The number of hydrogen-bond donors (Lipinski definition) is 0. The SMILES string of the molecule is N#Cc1ccc2c(c1)C(c1ccccc1)(c1ccccc1)c1cc(-c3cccc(-c4ccc(-c5cc(-c6ccccc6)nc(-c6cccc7ccccc67)n5)cc4)c3)ccc1-2. The summed E-state index contributed by atoms with van der Waals surface area (Å²) in [5.41, 5.74) is 16.5. The highest BCUT2D eigenvalue weighted by molar-refractivity contribution is 5.96.